The maximum absolute atomic E-state index is 9.04. The standard InChI is InChI=1S/C11H15N5/c1-10(2)4-6-11(8-12,9-13)5-3-7-15-16-14/h4H,3,5-7H2,1-2H3. The number of hydrogen-bond donors (Lipinski definition) is 0. The van der Waals surface area contributed by atoms with Crippen LogP contribution in [0, 0.1) is 28.1 Å². The van der Waals surface area contributed by atoms with E-state index in [0.717, 1.165) is 5.57 Å². The van der Waals surface area contributed by atoms with E-state index < -0.39 is 5.41 Å². The molecular formula is C11H15N5. The van der Waals surface area contributed by atoms with Crippen molar-refractivity contribution in [2.24, 2.45) is 10.5 Å². The molecule has 16 heavy (non-hydrogen) atoms. The van der Waals surface area contributed by atoms with Gasteiger partial charge in [-0.05, 0) is 38.6 Å². The van der Waals surface area contributed by atoms with Crippen molar-refractivity contribution < 1.29 is 0 Å². The molecule has 84 valence electrons. The molecule has 0 heterocycles. The second kappa shape index (κ2) is 7.34. The van der Waals surface area contributed by atoms with Gasteiger partial charge in [0.05, 0.1) is 12.1 Å². The third-order valence-corrected chi connectivity index (χ3v) is 2.21. The summed E-state index contributed by atoms with van der Waals surface area (Å²) in [7, 11) is 0. The Morgan fingerprint density at radius 3 is 2.50 bits per heavy atom. The average molecular weight is 217 g/mol. The van der Waals surface area contributed by atoms with Crippen molar-refractivity contribution in [2.75, 3.05) is 6.54 Å². The van der Waals surface area contributed by atoms with Gasteiger partial charge in [0.15, 0.2) is 0 Å². The summed E-state index contributed by atoms with van der Waals surface area (Å²) < 4.78 is 0. The van der Waals surface area contributed by atoms with Gasteiger partial charge in [0.1, 0.15) is 5.41 Å². The topological polar surface area (TPSA) is 96.3 Å². The molecule has 0 aromatic rings. The molecule has 0 aliphatic heterocycles. The highest BCUT2D eigenvalue weighted by molar-refractivity contribution is 5.17. The van der Waals surface area contributed by atoms with Gasteiger partial charge in [-0.3, -0.25) is 0 Å². The van der Waals surface area contributed by atoms with Crippen LogP contribution < -0.4 is 0 Å². The van der Waals surface area contributed by atoms with E-state index in [1.807, 2.05) is 19.9 Å². The third kappa shape index (κ3) is 5.05. The lowest BCUT2D eigenvalue weighted by molar-refractivity contribution is 0.466. The second-order valence-electron chi connectivity index (χ2n) is 3.85. The van der Waals surface area contributed by atoms with Crippen LogP contribution >= 0.6 is 0 Å². The molecule has 0 bridgehead atoms. The maximum Gasteiger partial charge on any atom is 0.147 e. The summed E-state index contributed by atoms with van der Waals surface area (Å²) >= 11 is 0. The summed E-state index contributed by atoms with van der Waals surface area (Å²) in [4.78, 5) is 2.63. The van der Waals surface area contributed by atoms with Gasteiger partial charge in [0.25, 0.3) is 0 Å². The normalized spacial score (nSPS) is 9.50. The van der Waals surface area contributed by atoms with Crippen molar-refractivity contribution in [2.45, 2.75) is 33.1 Å². The Morgan fingerprint density at radius 2 is 2.06 bits per heavy atom. The molecular weight excluding hydrogens is 202 g/mol. The third-order valence-electron chi connectivity index (χ3n) is 2.21. The molecule has 0 N–H and O–H groups in total. The van der Waals surface area contributed by atoms with E-state index in [1.54, 1.807) is 0 Å². The van der Waals surface area contributed by atoms with Crippen LogP contribution in [0.1, 0.15) is 33.1 Å². The van der Waals surface area contributed by atoms with Crippen LogP contribution in [-0.4, -0.2) is 6.54 Å². The Kier molecular flexibility index (Phi) is 6.43. The van der Waals surface area contributed by atoms with Crippen molar-refractivity contribution in [3.63, 3.8) is 0 Å². The first-order valence-corrected chi connectivity index (χ1v) is 5.07. The lowest BCUT2D eigenvalue weighted by Crippen LogP contribution is -2.15. The molecule has 0 aliphatic carbocycles. The monoisotopic (exact) mass is 217 g/mol. The summed E-state index contributed by atoms with van der Waals surface area (Å²) in [6.07, 6.45) is 3.31. The van der Waals surface area contributed by atoms with Gasteiger partial charge in [0, 0.05) is 11.5 Å². The smallest absolute Gasteiger partial charge is 0.147 e. The zero-order chi connectivity index (χ0) is 12.4. The number of nitrogens with zero attached hydrogens (tertiary/aromatic N) is 5. The summed E-state index contributed by atoms with van der Waals surface area (Å²) in [5.41, 5.74) is 8.21. The number of hydrogen-bond acceptors (Lipinski definition) is 3. The first-order valence-electron chi connectivity index (χ1n) is 5.07. The van der Waals surface area contributed by atoms with Gasteiger partial charge in [-0.1, -0.05) is 16.8 Å². The van der Waals surface area contributed by atoms with Gasteiger partial charge in [-0.2, -0.15) is 10.5 Å². The molecule has 0 rings (SSSR count). The minimum atomic E-state index is -0.984. The Balaban J connectivity index is 4.47. The highest BCUT2D eigenvalue weighted by atomic mass is 15.1. The second-order valence-corrected chi connectivity index (χ2v) is 3.85. The van der Waals surface area contributed by atoms with Crippen LogP contribution in [0.3, 0.4) is 0 Å². The lowest BCUT2D eigenvalue weighted by atomic mass is 9.82. The van der Waals surface area contributed by atoms with E-state index in [4.69, 9.17) is 16.1 Å². The molecule has 5 nitrogen and oxygen atoms in total. The minimum Gasteiger partial charge on any atom is -0.197 e. The maximum atomic E-state index is 9.04. The molecule has 0 atom stereocenters. The fourth-order valence-electron chi connectivity index (χ4n) is 1.20. The van der Waals surface area contributed by atoms with Crippen LogP contribution in [0.15, 0.2) is 16.8 Å². The van der Waals surface area contributed by atoms with Gasteiger partial charge in [0.2, 0.25) is 0 Å². The minimum absolute atomic E-state index is 0.330. The molecule has 0 aliphatic rings. The van der Waals surface area contributed by atoms with Gasteiger partial charge in [-0.25, -0.2) is 0 Å². The van der Waals surface area contributed by atoms with Gasteiger partial charge < -0.3 is 0 Å². The van der Waals surface area contributed by atoms with E-state index in [9.17, 15) is 0 Å². The molecule has 0 amide bonds. The van der Waals surface area contributed by atoms with E-state index >= 15 is 0 Å². The van der Waals surface area contributed by atoms with Crippen LogP contribution in [0.5, 0.6) is 0 Å². The molecule has 0 saturated heterocycles. The Labute approximate surface area is 95.6 Å². The van der Waals surface area contributed by atoms with Crippen molar-refractivity contribution >= 4 is 0 Å². The molecule has 0 fully saturated rings. The van der Waals surface area contributed by atoms with Crippen molar-refractivity contribution in [3.05, 3.63) is 22.1 Å². The SMILES string of the molecule is CC(C)=CCC(C#N)(C#N)CCCN=[N+]=[N-]. The van der Waals surface area contributed by atoms with Crippen molar-refractivity contribution in [1.29, 1.82) is 10.5 Å². The van der Waals surface area contributed by atoms with Crippen LogP contribution in [0.25, 0.3) is 10.4 Å². The highest BCUT2D eigenvalue weighted by Gasteiger charge is 2.27. The Bertz CT molecular complexity index is 358. The number of nitriles is 2. The number of rotatable bonds is 6. The molecule has 0 spiro atoms. The molecule has 0 aromatic carbocycles. The fourth-order valence-corrected chi connectivity index (χ4v) is 1.20. The zero-order valence-electron chi connectivity index (χ0n) is 9.64. The predicted molar refractivity (Wildman–Crippen MR) is 61.0 cm³/mol. The highest BCUT2D eigenvalue weighted by Crippen LogP contribution is 2.27. The van der Waals surface area contributed by atoms with Crippen LogP contribution in [-0.2, 0) is 0 Å². The molecule has 0 unspecified atom stereocenters. The number of azide groups is 1. The van der Waals surface area contributed by atoms with Gasteiger partial charge >= 0.3 is 0 Å². The Hall–Kier alpha value is -1.97. The molecule has 5 heteroatoms. The van der Waals surface area contributed by atoms with E-state index in [1.165, 1.54) is 0 Å². The van der Waals surface area contributed by atoms with Crippen LogP contribution in [0.4, 0.5) is 0 Å². The number of allylic oxidation sites excluding steroid dienone is 2. The predicted octanol–water partition coefficient (Wildman–Crippen LogP) is 3.47. The quantitative estimate of drug-likeness (QED) is 0.224. The van der Waals surface area contributed by atoms with Crippen molar-refractivity contribution in [1.82, 2.24) is 0 Å². The zero-order valence-corrected chi connectivity index (χ0v) is 9.64. The fraction of sp³-hybridized carbons (Fsp3) is 0.636. The largest absolute Gasteiger partial charge is 0.197 e. The summed E-state index contributed by atoms with van der Waals surface area (Å²) in [5.74, 6) is 0. The molecule has 0 radical (unpaired) electrons. The van der Waals surface area contributed by atoms with E-state index in [2.05, 4.69) is 22.2 Å². The molecule has 0 saturated carbocycles. The van der Waals surface area contributed by atoms with E-state index in [0.29, 0.717) is 25.8 Å². The average Bonchev–Trinajstić information content (AvgIpc) is 2.29. The van der Waals surface area contributed by atoms with Crippen molar-refractivity contribution in [3.8, 4) is 12.1 Å². The van der Waals surface area contributed by atoms with Gasteiger partial charge in [-0.15, -0.1) is 0 Å². The summed E-state index contributed by atoms with van der Waals surface area (Å²) in [6, 6.07) is 4.11. The summed E-state index contributed by atoms with van der Waals surface area (Å²) in [6.45, 7) is 4.19. The first kappa shape index (κ1) is 14.0. The first-order chi connectivity index (χ1) is 7.60. The summed E-state index contributed by atoms with van der Waals surface area (Å²) in [5, 5.41) is 21.5. The molecule has 0 aromatic heterocycles. The lowest BCUT2D eigenvalue weighted by Gasteiger charge is -2.15. The van der Waals surface area contributed by atoms with E-state index in [-0.39, 0.29) is 0 Å². The van der Waals surface area contributed by atoms with Crippen LogP contribution in [0.2, 0.25) is 0 Å². The Morgan fingerprint density at radius 1 is 1.44 bits per heavy atom.